The summed E-state index contributed by atoms with van der Waals surface area (Å²) in [7, 11) is 0. The molecule has 0 fully saturated rings. The molecule has 0 aliphatic carbocycles. The lowest BCUT2D eigenvalue weighted by atomic mass is 9.99. The lowest BCUT2D eigenvalue weighted by Gasteiger charge is -2.18. The van der Waals surface area contributed by atoms with Gasteiger partial charge in [-0.05, 0) is 55.4 Å². The summed E-state index contributed by atoms with van der Waals surface area (Å²) >= 11 is 0. The normalized spacial score (nSPS) is 13.0. The third-order valence-corrected chi connectivity index (χ3v) is 6.23. The van der Waals surface area contributed by atoms with Gasteiger partial charge < -0.3 is 9.47 Å². The molecule has 2 atom stereocenters. The van der Waals surface area contributed by atoms with Gasteiger partial charge in [0.25, 0.3) is 0 Å². The number of carbonyl (C=O) groups excluding carboxylic acids is 1. The molecule has 0 spiro atoms. The standard InChI is InChI=1S/C30H44O3/c1-5-7-9-10-11-13-23-32-25(4)30(31)33-24(3)27-19-21-29(22-20-27)28-17-15-26(16-18-28)14-12-8-6-2/h15-22,24-25H,5-14,23H2,1-4H3. The van der Waals surface area contributed by atoms with Crippen molar-refractivity contribution in [2.75, 3.05) is 6.61 Å². The second-order valence-corrected chi connectivity index (χ2v) is 9.14. The molecule has 0 aliphatic heterocycles. The molecule has 0 aliphatic rings. The van der Waals surface area contributed by atoms with Crippen molar-refractivity contribution in [3.05, 3.63) is 59.7 Å². The van der Waals surface area contributed by atoms with Crippen molar-refractivity contribution in [1.82, 2.24) is 0 Å². The van der Waals surface area contributed by atoms with Crippen LogP contribution in [-0.2, 0) is 20.7 Å². The highest BCUT2D eigenvalue weighted by Gasteiger charge is 2.19. The van der Waals surface area contributed by atoms with Crippen LogP contribution in [-0.4, -0.2) is 18.7 Å². The van der Waals surface area contributed by atoms with Crippen molar-refractivity contribution in [2.45, 2.75) is 104 Å². The van der Waals surface area contributed by atoms with E-state index in [0.29, 0.717) is 6.61 Å². The first-order valence-electron chi connectivity index (χ1n) is 13.1. The van der Waals surface area contributed by atoms with E-state index in [1.54, 1.807) is 6.92 Å². The Morgan fingerprint density at radius 2 is 1.27 bits per heavy atom. The Labute approximate surface area is 201 Å². The lowest BCUT2D eigenvalue weighted by Crippen LogP contribution is -2.25. The molecular formula is C30H44O3. The summed E-state index contributed by atoms with van der Waals surface area (Å²) in [6.45, 7) is 8.77. The molecule has 0 bridgehead atoms. The van der Waals surface area contributed by atoms with E-state index in [9.17, 15) is 4.79 Å². The van der Waals surface area contributed by atoms with Crippen LogP contribution < -0.4 is 0 Å². The summed E-state index contributed by atoms with van der Waals surface area (Å²) in [6, 6.07) is 17.2. The molecule has 3 heteroatoms. The number of unbranched alkanes of at least 4 members (excludes halogenated alkanes) is 7. The smallest absolute Gasteiger partial charge is 0.335 e. The molecule has 0 N–H and O–H groups in total. The summed E-state index contributed by atoms with van der Waals surface area (Å²) < 4.78 is 11.3. The third-order valence-electron chi connectivity index (χ3n) is 6.23. The van der Waals surface area contributed by atoms with Crippen LogP contribution in [0.4, 0.5) is 0 Å². The van der Waals surface area contributed by atoms with Crippen molar-refractivity contribution in [1.29, 1.82) is 0 Å². The molecule has 2 rings (SSSR count). The summed E-state index contributed by atoms with van der Waals surface area (Å²) in [5.41, 5.74) is 4.78. The minimum absolute atomic E-state index is 0.295. The highest BCUT2D eigenvalue weighted by Crippen LogP contribution is 2.24. The third kappa shape index (κ3) is 10.1. The molecule has 0 aromatic heterocycles. The molecule has 0 radical (unpaired) electrons. The number of hydrogen-bond acceptors (Lipinski definition) is 3. The topological polar surface area (TPSA) is 35.5 Å². The number of carbonyl (C=O) groups is 1. The van der Waals surface area contributed by atoms with Crippen LogP contribution >= 0.6 is 0 Å². The Morgan fingerprint density at radius 1 is 0.727 bits per heavy atom. The predicted molar refractivity (Wildman–Crippen MR) is 138 cm³/mol. The maximum atomic E-state index is 12.4. The van der Waals surface area contributed by atoms with Crippen molar-refractivity contribution in [3.8, 4) is 11.1 Å². The summed E-state index contributed by atoms with van der Waals surface area (Å²) in [5.74, 6) is -0.295. The maximum absolute atomic E-state index is 12.4. The average Bonchev–Trinajstić information content (AvgIpc) is 2.84. The number of benzene rings is 2. The molecular weight excluding hydrogens is 408 g/mol. The van der Waals surface area contributed by atoms with Gasteiger partial charge in [-0.1, -0.05) is 107 Å². The van der Waals surface area contributed by atoms with E-state index in [1.807, 2.05) is 19.1 Å². The van der Waals surface area contributed by atoms with Gasteiger partial charge >= 0.3 is 5.97 Å². The van der Waals surface area contributed by atoms with Gasteiger partial charge in [-0.3, -0.25) is 0 Å². The second-order valence-electron chi connectivity index (χ2n) is 9.14. The van der Waals surface area contributed by atoms with Gasteiger partial charge in [0.05, 0.1) is 0 Å². The fraction of sp³-hybridized carbons (Fsp3) is 0.567. The molecule has 3 nitrogen and oxygen atoms in total. The zero-order valence-corrected chi connectivity index (χ0v) is 21.3. The van der Waals surface area contributed by atoms with Gasteiger partial charge in [0.1, 0.15) is 6.10 Å². The number of rotatable bonds is 16. The first-order valence-corrected chi connectivity index (χ1v) is 13.1. The van der Waals surface area contributed by atoms with Gasteiger partial charge in [0.15, 0.2) is 6.10 Å². The van der Waals surface area contributed by atoms with Gasteiger partial charge in [0, 0.05) is 6.61 Å². The van der Waals surface area contributed by atoms with Crippen LogP contribution in [0.1, 0.15) is 103 Å². The van der Waals surface area contributed by atoms with Crippen LogP contribution in [0, 0.1) is 0 Å². The van der Waals surface area contributed by atoms with E-state index >= 15 is 0 Å². The fourth-order valence-corrected chi connectivity index (χ4v) is 3.94. The van der Waals surface area contributed by atoms with E-state index in [0.717, 1.165) is 24.8 Å². The van der Waals surface area contributed by atoms with Crippen molar-refractivity contribution in [3.63, 3.8) is 0 Å². The maximum Gasteiger partial charge on any atom is 0.335 e. The van der Waals surface area contributed by atoms with Gasteiger partial charge in [-0.15, -0.1) is 0 Å². The predicted octanol–water partition coefficient (Wildman–Crippen LogP) is 8.46. The lowest BCUT2D eigenvalue weighted by molar-refractivity contribution is -0.161. The van der Waals surface area contributed by atoms with Crippen molar-refractivity contribution < 1.29 is 14.3 Å². The van der Waals surface area contributed by atoms with E-state index in [1.165, 1.54) is 61.6 Å². The van der Waals surface area contributed by atoms with E-state index < -0.39 is 6.10 Å². The van der Waals surface area contributed by atoms with Crippen LogP contribution in [0.25, 0.3) is 11.1 Å². The summed E-state index contributed by atoms with van der Waals surface area (Å²) in [4.78, 5) is 12.4. The zero-order chi connectivity index (χ0) is 23.9. The quantitative estimate of drug-likeness (QED) is 0.189. The molecule has 2 unspecified atom stereocenters. The number of ether oxygens (including phenoxy) is 2. The van der Waals surface area contributed by atoms with Gasteiger partial charge in [0.2, 0.25) is 0 Å². The molecule has 0 saturated carbocycles. The van der Waals surface area contributed by atoms with Crippen LogP contribution in [0.15, 0.2) is 48.5 Å². The van der Waals surface area contributed by atoms with Gasteiger partial charge in [-0.25, -0.2) is 4.79 Å². The van der Waals surface area contributed by atoms with Crippen LogP contribution in [0.3, 0.4) is 0 Å². The first kappa shape index (κ1) is 27.1. The molecule has 0 saturated heterocycles. The van der Waals surface area contributed by atoms with Crippen molar-refractivity contribution in [2.24, 2.45) is 0 Å². The number of aryl methyl sites for hydroxylation is 1. The van der Waals surface area contributed by atoms with Gasteiger partial charge in [-0.2, -0.15) is 0 Å². The molecule has 2 aromatic carbocycles. The highest BCUT2D eigenvalue weighted by atomic mass is 16.6. The zero-order valence-electron chi connectivity index (χ0n) is 21.3. The van der Waals surface area contributed by atoms with Crippen LogP contribution in [0.5, 0.6) is 0 Å². The Balaban J connectivity index is 1.77. The Morgan fingerprint density at radius 3 is 1.91 bits per heavy atom. The van der Waals surface area contributed by atoms with E-state index in [2.05, 4.69) is 50.2 Å². The second kappa shape index (κ2) is 15.7. The molecule has 182 valence electrons. The summed E-state index contributed by atoms with van der Waals surface area (Å²) in [6.07, 6.45) is 11.4. The Bertz CT molecular complexity index is 779. The largest absolute Gasteiger partial charge is 0.456 e. The van der Waals surface area contributed by atoms with E-state index in [4.69, 9.17) is 9.47 Å². The molecule has 0 amide bonds. The SMILES string of the molecule is CCCCCCCCOC(C)C(=O)OC(C)c1ccc(-c2ccc(CCCCC)cc2)cc1. The number of esters is 1. The molecule has 2 aromatic rings. The summed E-state index contributed by atoms with van der Waals surface area (Å²) in [5, 5.41) is 0. The first-order chi connectivity index (χ1) is 16.0. The van der Waals surface area contributed by atoms with Crippen LogP contribution in [0.2, 0.25) is 0 Å². The highest BCUT2D eigenvalue weighted by molar-refractivity contribution is 5.74. The fourth-order valence-electron chi connectivity index (χ4n) is 3.94. The monoisotopic (exact) mass is 452 g/mol. The Hall–Kier alpha value is -2.13. The van der Waals surface area contributed by atoms with E-state index in [-0.39, 0.29) is 12.1 Å². The number of hydrogen-bond donors (Lipinski definition) is 0. The minimum atomic E-state index is -0.529. The molecule has 33 heavy (non-hydrogen) atoms. The van der Waals surface area contributed by atoms with Crippen molar-refractivity contribution >= 4 is 5.97 Å². The minimum Gasteiger partial charge on any atom is -0.456 e. The Kier molecular flexibility index (Phi) is 12.9. The molecule has 0 heterocycles. The average molecular weight is 453 g/mol.